The van der Waals surface area contributed by atoms with Gasteiger partial charge in [0.05, 0.1) is 5.03 Å². The van der Waals surface area contributed by atoms with Crippen molar-refractivity contribution in [3.05, 3.63) is 39.4 Å². The quantitative estimate of drug-likeness (QED) is 0.665. The fourth-order valence-electron chi connectivity index (χ4n) is 1.07. The van der Waals surface area contributed by atoms with Crippen LogP contribution in [0.5, 0.6) is 0 Å². The third-order valence-corrected chi connectivity index (χ3v) is 2.76. The summed E-state index contributed by atoms with van der Waals surface area (Å²) in [4.78, 5) is 0. The summed E-state index contributed by atoms with van der Waals surface area (Å²) >= 11 is 17.1. The van der Waals surface area contributed by atoms with Gasteiger partial charge >= 0.3 is 0 Å². The molecular weight excluding hydrogens is 226 g/mol. The van der Waals surface area contributed by atoms with Crippen molar-refractivity contribution < 1.29 is 0 Å². The van der Waals surface area contributed by atoms with Gasteiger partial charge in [-0.15, -0.1) is 0 Å². The van der Waals surface area contributed by atoms with Crippen LogP contribution < -0.4 is 0 Å². The van der Waals surface area contributed by atoms with E-state index in [4.69, 9.17) is 34.8 Å². The van der Waals surface area contributed by atoms with Crippen molar-refractivity contribution in [2.75, 3.05) is 0 Å². The first-order valence-corrected chi connectivity index (χ1v) is 4.94. The Morgan fingerprint density at radius 1 is 1.08 bits per heavy atom. The first-order valence-electron chi connectivity index (χ1n) is 3.80. The molecule has 0 radical (unpaired) electrons. The van der Waals surface area contributed by atoms with E-state index in [1.807, 2.05) is 32.0 Å². The molecule has 1 aromatic carbocycles. The summed E-state index contributed by atoms with van der Waals surface area (Å²) in [5.74, 6) is 0. The molecule has 0 spiro atoms. The zero-order chi connectivity index (χ0) is 10.0. The predicted octanol–water partition coefficient (Wildman–Crippen LogP) is 4.65. The highest BCUT2D eigenvalue weighted by molar-refractivity contribution is 6.66. The van der Waals surface area contributed by atoms with Crippen LogP contribution in [-0.4, -0.2) is 0 Å². The average Bonchev–Trinajstić information content (AvgIpc) is 2.08. The van der Waals surface area contributed by atoms with Crippen molar-refractivity contribution in [2.24, 2.45) is 0 Å². The topological polar surface area (TPSA) is 0 Å². The lowest BCUT2D eigenvalue weighted by Crippen LogP contribution is -1.85. The second-order valence-electron chi connectivity index (χ2n) is 2.89. The third kappa shape index (κ3) is 2.63. The van der Waals surface area contributed by atoms with E-state index >= 15 is 0 Å². The highest BCUT2D eigenvalue weighted by Gasteiger charge is 2.06. The molecule has 0 N–H and O–H groups in total. The lowest BCUT2D eigenvalue weighted by molar-refractivity contribution is 1.37. The van der Waals surface area contributed by atoms with Gasteiger partial charge in [-0.3, -0.25) is 0 Å². The van der Waals surface area contributed by atoms with Gasteiger partial charge in [-0.05, 0) is 25.0 Å². The Morgan fingerprint density at radius 2 is 1.69 bits per heavy atom. The minimum absolute atomic E-state index is 0.107. The van der Waals surface area contributed by atoms with Crippen LogP contribution in [0.2, 0.25) is 0 Å². The molecule has 13 heavy (non-hydrogen) atoms. The molecule has 0 unspecified atom stereocenters. The second kappa shape index (κ2) is 4.36. The lowest BCUT2D eigenvalue weighted by Gasteiger charge is -2.05. The summed E-state index contributed by atoms with van der Waals surface area (Å²) in [6, 6.07) is 5.97. The van der Waals surface area contributed by atoms with Gasteiger partial charge in [-0.1, -0.05) is 58.6 Å². The molecule has 0 amide bonds. The van der Waals surface area contributed by atoms with Crippen LogP contribution in [0.4, 0.5) is 0 Å². The molecule has 0 aliphatic rings. The van der Waals surface area contributed by atoms with E-state index in [0.29, 0.717) is 5.03 Å². The SMILES string of the molecule is Cc1ccc(C)c(C(Cl)=C(Cl)Cl)c1. The molecule has 0 aliphatic carbocycles. The van der Waals surface area contributed by atoms with Crippen LogP contribution in [0.15, 0.2) is 22.7 Å². The molecule has 0 nitrogen and oxygen atoms in total. The number of halogens is 3. The Morgan fingerprint density at radius 3 is 2.23 bits per heavy atom. The first-order chi connectivity index (χ1) is 6.02. The molecule has 70 valence electrons. The van der Waals surface area contributed by atoms with Crippen molar-refractivity contribution in [1.29, 1.82) is 0 Å². The standard InChI is InChI=1S/C10H9Cl3/c1-6-3-4-7(2)8(5-6)9(11)10(12)13/h3-5H,1-2H3. The summed E-state index contributed by atoms with van der Waals surface area (Å²) in [6.07, 6.45) is 0. The number of benzene rings is 1. The Labute approximate surface area is 93.1 Å². The Hall–Kier alpha value is -0.170. The van der Waals surface area contributed by atoms with E-state index in [9.17, 15) is 0 Å². The summed E-state index contributed by atoms with van der Waals surface area (Å²) in [5.41, 5.74) is 3.09. The van der Waals surface area contributed by atoms with Crippen LogP contribution in [0, 0.1) is 13.8 Å². The fraction of sp³-hybridized carbons (Fsp3) is 0.200. The fourth-order valence-corrected chi connectivity index (χ4v) is 1.48. The monoisotopic (exact) mass is 234 g/mol. The number of hydrogen-bond acceptors (Lipinski definition) is 0. The van der Waals surface area contributed by atoms with Gasteiger partial charge in [-0.2, -0.15) is 0 Å². The van der Waals surface area contributed by atoms with Gasteiger partial charge in [0, 0.05) is 0 Å². The zero-order valence-corrected chi connectivity index (χ0v) is 9.63. The Kier molecular flexibility index (Phi) is 3.66. The molecule has 0 heterocycles. The Balaban J connectivity index is 3.29. The van der Waals surface area contributed by atoms with Gasteiger partial charge < -0.3 is 0 Å². The van der Waals surface area contributed by atoms with Crippen LogP contribution >= 0.6 is 34.8 Å². The maximum absolute atomic E-state index is 5.93. The zero-order valence-electron chi connectivity index (χ0n) is 7.37. The van der Waals surface area contributed by atoms with Gasteiger partial charge in [0.2, 0.25) is 0 Å². The highest BCUT2D eigenvalue weighted by atomic mass is 35.5. The number of aryl methyl sites for hydroxylation is 2. The van der Waals surface area contributed by atoms with Gasteiger partial charge in [-0.25, -0.2) is 0 Å². The third-order valence-electron chi connectivity index (χ3n) is 1.80. The summed E-state index contributed by atoms with van der Waals surface area (Å²) in [7, 11) is 0. The summed E-state index contributed by atoms with van der Waals surface area (Å²) in [5, 5.41) is 0.407. The maximum Gasteiger partial charge on any atom is 0.126 e. The molecule has 0 aromatic heterocycles. The molecule has 0 aliphatic heterocycles. The van der Waals surface area contributed by atoms with Crippen molar-refractivity contribution in [3.63, 3.8) is 0 Å². The number of hydrogen-bond donors (Lipinski definition) is 0. The van der Waals surface area contributed by atoms with Crippen LogP contribution in [0.3, 0.4) is 0 Å². The average molecular weight is 236 g/mol. The normalized spacial score (nSPS) is 9.92. The van der Waals surface area contributed by atoms with Crippen molar-refractivity contribution in [2.45, 2.75) is 13.8 Å². The van der Waals surface area contributed by atoms with E-state index in [0.717, 1.165) is 16.7 Å². The highest BCUT2D eigenvalue weighted by Crippen LogP contribution is 2.30. The van der Waals surface area contributed by atoms with Gasteiger partial charge in [0.15, 0.2) is 0 Å². The molecule has 3 heteroatoms. The predicted molar refractivity (Wildman–Crippen MR) is 60.4 cm³/mol. The molecule has 0 saturated carbocycles. The molecule has 1 aromatic rings. The van der Waals surface area contributed by atoms with Crippen molar-refractivity contribution in [1.82, 2.24) is 0 Å². The first kappa shape index (κ1) is 10.9. The van der Waals surface area contributed by atoms with E-state index in [-0.39, 0.29) is 4.49 Å². The lowest BCUT2D eigenvalue weighted by atomic mass is 10.1. The molecule has 0 atom stereocenters. The summed E-state index contributed by atoms with van der Waals surface area (Å²) < 4.78 is 0.107. The minimum atomic E-state index is 0.107. The van der Waals surface area contributed by atoms with Crippen LogP contribution in [-0.2, 0) is 0 Å². The second-order valence-corrected chi connectivity index (χ2v) is 4.22. The number of rotatable bonds is 1. The van der Waals surface area contributed by atoms with Crippen LogP contribution in [0.1, 0.15) is 16.7 Å². The van der Waals surface area contributed by atoms with Crippen molar-refractivity contribution >= 4 is 39.8 Å². The molecule has 0 fully saturated rings. The van der Waals surface area contributed by atoms with Gasteiger partial charge in [0.25, 0.3) is 0 Å². The molecule has 1 rings (SSSR count). The van der Waals surface area contributed by atoms with E-state index in [1.165, 1.54) is 0 Å². The molecular formula is C10H9Cl3. The van der Waals surface area contributed by atoms with Crippen molar-refractivity contribution in [3.8, 4) is 0 Å². The molecule has 0 bridgehead atoms. The minimum Gasteiger partial charge on any atom is -0.0810 e. The molecule has 0 saturated heterocycles. The van der Waals surface area contributed by atoms with E-state index < -0.39 is 0 Å². The van der Waals surface area contributed by atoms with Crippen LogP contribution in [0.25, 0.3) is 5.03 Å². The maximum atomic E-state index is 5.93. The summed E-state index contributed by atoms with van der Waals surface area (Å²) in [6.45, 7) is 3.96. The van der Waals surface area contributed by atoms with Gasteiger partial charge in [0.1, 0.15) is 4.49 Å². The largest absolute Gasteiger partial charge is 0.126 e. The van der Waals surface area contributed by atoms with E-state index in [2.05, 4.69) is 0 Å². The Bertz CT molecular complexity index is 349. The smallest absolute Gasteiger partial charge is 0.0810 e. The van der Waals surface area contributed by atoms with E-state index in [1.54, 1.807) is 0 Å².